The van der Waals surface area contributed by atoms with Crippen LogP contribution in [0.5, 0.6) is 0 Å². The zero-order valence-corrected chi connectivity index (χ0v) is 13.9. The molecule has 1 aliphatic carbocycles. The third-order valence-corrected chi connectivity index (χ3v) is 4.42. The predicted octanol–water partition coefficient (Wildman–Crippen LogP) is 0.984. The van der Waals surface area contributed by atoms with Gasteiger partial charge in [0.25, 0.3) is 11.8 Å². The van der Waals surface area contributed by atoms with Gasteiger partial charge in [-0.2, -0.15) is 0 Å². The van der Waals surface area contributed by atoms with Crippen molar-refractivity contribution in [1.82, 2.24) is 15.5 Å². The Kier molecular flexibility index (Phi) is 4.47. The van der Waals surface area contributed by atoms with E-state index in [1.807, 2.05) is 0 Å². The smallest absolute Gasteiger partial charge is 0.262 e. The molecule has 0 spiro atoms. The van der Waals surface area contributed by atoms with E-state index in [9.17, 15) is 19.2 Å². The number of halogens is 2. The molecule has 126 valence electrons. The SMILES string of the molecule is O=C(CN1C(=O)c2cc(Cl)c(Cl)cc2C1=O)NCC(=O)NC1CC1. The standard InChI is InChI=1S/C15H13Cl2N3O4/c16-10-3-8-9(4-11(10)17)15(24)20(14(8)23)6-13(22)18-5-12(21)19-7-1-2-7/h3-4,7H,1-2,5-6H2,(H,18,22)(H,19,21). The number of hydrogen-bond acceptors (Lipinski definition) is 4. The van der Waals surface area contributed by atoms with Gasteiger partial charge in [0.2, 0.25) is 11.8 Å². The van der Waals surface area contributed by atoms with Crippen LogP contribution in [0, 0.1) is 0 Å². The molecule has 1 saturated carbocycles. The largest absolute Gasteiger partial charge is 0.352 e. The fraction of sp³-hybridized carbons (Fsp3) is 0.333. The highest BCUT2D eigenvalue weighted by Gasteiger charge is 2.37. The van der Waals surface area contributed by atoms with E-state index in [4.69, 9.17) is 23.2 Å². The summed E-state index contributed by atoms with van der Waals surface area (Å²) in [5.41, 5.74) is 0.211. The minimum atomic E-state index is -0.619. The molecule has 4 amide bonds. The molecule has 24 heavy (non-hydrogen) atoms. The summed E-state index contributed by atoms with van der Waals surface area (Å²) in [5.74, 6) is -2.14. The summed E-state index contributed by atoms with van der Waals surface area (Å²) in [5, 5.41) is 5.41. The Hall–Kier alpha value is -2.12. The molecule has 0 radical (unpaired) electrons. The zero-order valence-electron chi connectivity index (χ0n) is 12.4. The third-order valence-electron chi connectivity index (χ3n) is 3.70. The van der Waals surface area contributed by atoms with E-state index in [1.54, 1.807) is 0 Å². The van der Waals surface area contributed by atoms with Crippen LogP contribution in [0.25, 0.3) is 0 Å². The van der Waals surface area contributed by atoms with E-state index >= 15 is 0 Å². The summed E-state index contributed by atoms with van der Waals surface area (Å²) in [4.78, 5) is 48.7. The molecule has 1 heterocycles. The van der Waals surface area contributed by atoms with Crippen LogP contribution in [-0.2, 0) is 9.59 Å². The van der Waals surface area contributed by atoms with Crippen LogP contribution < -0.4 is 10.6 Å². The Balaban J connectivity index is 1.61. The number of carbonyl (C=O) groups excluding carboxylic acids is 4. The van der Waals surface area contributed by atoms with Gasteiger partial charge in [0.15, 0.2) is 0 Å². The van der Waals surface area contributed by atoms with Crippen molar-refractivity contribution in [3.05, 3.63) is 33.3 Å². The molecule has 0 bridgehead atoms. The average molecular weight is 370 g/mol. The monoisotopic (exact) mass is 369 g/mol. The van der Waals surface area contributed by atoms with Crippen molar-refractivity contribution in [2.24, 2.45) is 0 Å². The van der Waals surface area contributed by atoms with Crippen molar-refractivity contribution in [2.75, 3.05) is 13.1 Å². The van der Waals surface area contributed by atoms with Gasteiger partial charge in [0.05, 0.1) is 27.7 Å². The van der Waals surface area contributed by atoms with Gasteiger partial charge in [-0.1, -0.05) is 23.2 Å². The van der Waals surface area contributed by atoms with Gasteiger partial charge in [-0.15, -0.1) is 0 Å². The van der Waals surface area contributed by atoms with Crippen LogP contribution >= 0.6 is 23.2 Å². The molecule has 1 aromatic carbocycles. The number of benzene rings is 1. The predicted molar refractivity (Wildman–Crippen MR) is 86.0 cm³/mol. The second-order valence-electron chi connectivity index (χ2n) is 5.63. The molecule has 0 unspecified atom stereocenters. The Morgan fingerprint density at radius 2 is 1.58 bits per heavy atom. The molecule has 1 aliphatic heterocycles. The Bertz CT molecular complexity index is 720. The van der Waals surface area contributed by atoms with Crippen LogP contribution in [0.2, 0.25) is 10.0 Å². The number of amides is 4. The number of imide groups is 1. The lowest BCUT2D eigenvalue weighted by Crippen LogP contribution is -2.44. The van der Waals surface area contributed by atoms with E-state index in [2.05, 4.69) is 10.6 Å². The van der Waals surface area contributed by atoms with E-state index in [0.717, 1.165) is 17.7 Å². The lowest BCUT2D eigenvalue weighted by molar-refractivity contribution is -0.126. The van der Waals surface area contributed by atoms with Gasteiger partial charge < -0.3 is 10.6 Å². The highest BCUT2D eigenvalue weighted by molar-refractivity contribution is 6.43. The summed E-state index contributed by atoms with van der Waals surface area (Å²) in [7, 11) is 0. The lowest BCUT2D eigenvalue weighted by Gasteiger charge is -2.13. The first-order valence-corrected chi connectivity index (χ1v) is 8.03. The topological polar surface area (TPSA) is 95.6 Å². The summed E-state index contributed by atoms with van der Waals surface area (Å²) >= 11 is 11.7. The Labute approximate surface area is 147 Å². The molecule has 0 aromatic heterocycles. The van der Waals surface area contributed by atoms with Crippen LogP contribution in [0.15, 0.2) is 12.1 Å². The first kappa shape index (κ1) is 16.7. The molecule has 1 fully saturated rings. The van der Waals surface area contributed by atoms with E-state index in [1.165, 1.54) is 12.1 Å². The third kappa shape index (κ3) is 3.37. The maximum atomic E-state index is 12.2. The van der Waals surface area contributed by atoms with Crippen molar-refractivity contribution in [3.8, 4) is 0 Å². The van der Waals surface area contributed by atoms with Gasteiger partial charge in [0, 0.05) is 6.04 Å². The number of rotatable bonds is 5. The molecule has 2 N–H and O–H groups in total. The summed E-state index contributed by atoms with van der Waals surface area (Å²) in [6.45, 7) is -0.672. The van der Waals surface area contributed by atoms with E-state index in [-0.39, 0.29) is 39.7 Å². The van der Waals surface area contributed by atoms with Crippen molar-refractivity contribution in [1.29, 1.82) is 0 Å². The van der Waals surface area contributed by atoms with Crippen LogP contribution in [0.4, 0.5) is 0 Å². The van der Waals surface area contributed by atoms with Crippen LogP contribution in [-0.4, -0.2) is 47.7 Å². The van der Waals surface area contributed by atoms with E-state index < -0.39 is 24.3 Å². The molecule has 0 saturated heterocycles. The Morgan fingerprint density at radius 3 is 2.08 bits per heavy atom. The number of carbonyl (C=O) groups is 4. The molecule has 0 atom stereocenters. The van der Waals surface area contributed by atoms with Crippen molar-refractivity contribution in [2.45, 2.75) is 18.9 Å². The molecule has 9 heteroatoms. The maximum Gasteiger partial charge on any atom is 0.262 e. The number of fused-ring (bicyclic) bond motifs is 1. The number of nitrogens with zero attached hydrogens (tertiary/aromatic N) is 1. The quantitative estimate of drug-likeness (QED) is 0.756. The van der Waals surface area contributed by atoms with Gasteiger partial charge in [-0.05, 0) is 25.0 Å². The van der Waals surface area contributed by atoms with Crippen molar-refractivity contribution in [3.63, 3.8) is 0 Å². The highest BCUT2D eigenvalue weighted by atomic mass is 35.5. The summed E-state index contributed by atoms with van der Waals surface area (Å²) in [6.07, 6.45) is 1.89. The van der Waals surface area contributed by atoms with Crippen molar-refractivity contribution < 1.29 is 19.2 Å². The second kappa shape index (κ2) is 6.41. The minimum absolute atomic E-state index is 0.105. The first-order chi connectivity index (χ1) is 11.4. The molecule has 7 nitrogen and oxygen atoms in total. The number of hydrogen-bond donors (Lipinski definition) is 2. The maximum absolute atomic E-state index is 12.2. The Morgan fingerprint density at radius 1 is 1.04 bits per heavy atom. The molecule has 1 aromatic rings. The summed E-state index contributed by atoms with van der Waals surface area (Å²) in [6, 6.07) is 2.81. The molecule has 2 aliphatic rings. The highest BCUT2D eigenvalue weighted by Crippen LogP contribution is 2.31. The summed E-state index contributed by atoms with van der Waals surface area (Å²) < 4.78 is 0. The van der Waals surface area contributed by atoms with Gasteiger partial charge in [-0.3, -0.25) is 24.1 Å². The molecule has 3 rings (SSSR count). The van der Waals surface area contributed by atoms with Gasteiger partial charge >= 0.3 is 0 Å². The fourth-order valence-electron chi connectivity index (χ4n) is 2.31. The minimum Gasteiger partial charge on any atom is -0.352 e. The average Bonchev–Trinajstić information content (AvgIpc) is 3.32. The lowest BCUT2D eigenvalue weighted by atomic mass is 10.1. The van der Waals surface area contributed by atoms with Crippen molar-refractivity contribution >= 4 is 46.8 Å². The normalized spacial score (nSPS) is 16.2. The van der Waals surface area contributed by atoms with Crippen LogP contribution in [0.1, 0.15) is 33.6 Å². The fourth-order valence-corrected chi connectivity index (χ4v) is 2.64. The first-order valence-electron chi connectivity index (χ1n) is 7.28. The second-order valence-corrected chi connectivity index (χ2v) is 6.44. The molecular formula is C15H13Cl2N3O4. The van der Waals surface area contributed by atoms with Gasteiger partial charge in [-0.25, -0.2) is 0 Å². The van der Waals surface area contributed by atoms with Gasteiger partial charge in [0.1, 0.15) is 6.54 Å². The molecular weight excluding hydrogens is 357 g/mol. The van der Waals surface area contributed by atoms with Crippen LogP contribution in [0.3, 0.4) is 0 Å². The number of nitrogens with one attached hydrogen (secondary N) is 2. The van der Waals surface area contributed by atoms with E-state index in [0.29, 0.717) is 0 Å². The zero-order chi connectivity index (χ0) is 17.4.